The number of fused-ring (bicyclic) bond motifs is 1. The van der Waals surface area contributed by atoms with Crippen LogP contribution in [0.25, 0.3) is 10.9 Å². The third kappa shape index (κ3) is 4.18. The third-order valence-corrected chi connectivity index (χ3v) is 6.72. The number of rotatable bonds is 4. The fourth-order valence-corrected chi connectivity index (χ4v) is 4.95. The van der Waals surface area contributed by atoms with Crippen molar-refractivity contribution >= 4 is 22.7 Å². The van der Waals surface area contributed by atoms with Crippen molar-refractivity contribution < 1.29 is 18.4 Å². The van der Waals surface area contributed by atoms with Crippen LogP contribution in [0.15, 0.2) is 47.4 Å². The van der Waals surface area contributed by atoms with Gasteiger partial charge in [0.05, 0.1) is 23.8 Å². The minimum atomic E-state index is -0.678. The molecular weight excluding hydrogens is 442 g/mol. The molecule has 2 aliphatic rings. The van der Waals surface area contributed by atoms with Crippen molar-refractivity contribution in [3.05, 3.63) is 75.6 Å². The maximum Gasteiger partial charge on any atom is 0.257 e. The van der Waals surface area contributed by atoms with E-state index in [-0.39, 0.29) is 36.0 Å². The van der Waals surface area contributed by atoms with Gasteiger partial charge in [0.15, 0.2) is 0 Å². The number of carbonyl (C=O) groups is 2. The molecule has 0 bridgehead atoms. The fourth-order valence-electron chi connectivity index (χ4n) is 4.95. The summed E-state index contributed by atoms with van der Waals surface area (Å²) in [7, 11) is 0. The molecule has 3 aromatic rings. The van der Waals surface area contributed by atoms with Gasteiger partial charge in [-0.2, -0.15) is 5.10 Å². The molecule has 176 valence electrons. The highest BCUT2D eigenvalue weighted by Crippen LogP contribution is 2.25. The smallest absolute Gasteiger partial charge is 0.257 e. The minimum absolute atomic E-state index is 0.0653. The predicted octanol–water partition coefficient (Wildman–Crippen LogP) is 2.95. The van der Waals surface area contributed by atoms with Crippen molar-refractivity contribution in [2.75, 3.05) is 19.6 Å². The molecule has 0 spiro atoms. The zero-order valence-corrected chi connectivity index (χ0v) is 18.5. The lowest BCUT2D eigenvalue weighted by Gasteiger charge is -2.37. The van der Waals surface area contributed by atoms with Crippen LogP contribution in [-0.2, 0) is 11.3 Å². The molecule has 0 radical (unpaired) electrons. The van der Waals surface area contributed by atoms with E-state index in [9.17, 15) is 23.2 Å². The summed E-state index contributed by atoms with van der Waals surface area (Å²) in [4.78, 5) is 41.1. The summed E-state index contributed by atoms with van der Waals surface area (Å²) < 4.78 is 29.9. The van der Waals surface area contributed by atoms with Gasteiger partial charge in [-0.05, 0) is 48.7 Å². The van der Waals surface area contributed by atoms with Gasteiger partial charge >= 0.3 is 0 Å². The molecule has 1 aliphatic carbocycles. The molecule has 0 unspecified atom stereocenters. The number of benzene rings is 2. The Labute approximate surface area is 194 Å². The molecule has 34 heavy (non-hydrogen) atoms. The first-order valence-electron chi connectivity index (χ1n) is 11.4. The fraction of sp³-hybridized carbons (Fsp3) is 0.360. The van der Waals surface area contributed by atoms with Crippen LogP contribution in [0.3, 0.4) is 0 Å². The summed E-state index contributed by atoms with van der Waals surface area (Å²) in [5.74, 6) is -1.83. The van der Waals surface area contributed by atoms with Crippen molar-refractivity contribution in [3.8, 4) is 0 Å². The van der Waals surface area contributed by atoms with E-state index in [4.69, 9.17) is 0 Å². The monoisotopic (exact) mass is 466 g/mol. The number of halogens is 2. The number of nitrogens with zero attached hydrogens (tertiary/aromatic N) is 4. The van der Waals surface area contributed by atoms with Crippen molar-refractivity contribution in [1.29, 1.82) is 0 Å². The minimum Gasteiger partial charge on any atom is -0.336 e. The SMILES string of the molecule is O=C(c1cc(Cn2ncc(=O)c3ccc(F)cc32)ccc1F)N1CCN(C2CCCC2)C(=O)C1. The molecule has 1 aliphatic heterocycles. The van der Waals surface area contributed by atoms with E-state index in [2.05, 4.69) is 5.10 Å². The molecule has 2 heterocycles. The Balaban J connectivity index is 1.37. The summed E-state index contributed by atoms with van der Waals surface area (Å²) >= 11 is 0. The number of hydrogen-bond acceptors (Lipinski definition) is 4. The van der Waals surface area contributed by atoms with Gasteiger partial charge in [-0.15, -0.1) is 0 Å². The first kappa shape index (κ1) is 22.2. The van der Waals surface area contributed by atoms with Gasteiger partial charge in [0.1, 0.15) is 18.2 Å². The highest BCUT2D eigenvalue weighted by atomic mass is 19.1. The lowest BCUT2D eigenvalue weighted by molar-refractivity contribution is -0.137. The normalized spacial score (nSPS) is 17.1. The lowest BCUT2D eigenvalue weighted by atomic mass is 10.1. The Kier molecular flexibility index (Phi) is 5.85. The van der Waals surface area contributed by atoms with E-state index in [0.717, 1.165) is 31.9 Å². The van der Waals surface area contributed by atoms with Gasteiger partial charge in [-0.3, -0.25) is 19.1 Å². The number of piperazine rings is 1. The number of amides is 2. The van der Waals surface area contributed by atoms with Crippen LogP contribution in [0.2, 0.25) is 0 Å². The standard InChI is InChI=1S/C25H24F2N4O3/c26-17-6-7-19-22(12-17)31(28-13-23(19)32)14-16-5-8-21(27)20(11-16)25(34)29-9-10-30(24(33)15-29)18-3-1-2-4-18/h5-8,11-13,18H,1-4,9-10,14-15H2. The second kappa shape index (κ2) is 8.96. The average Bonchev–Trinajstić information content (AvgIpc) is 3.36. The number of carbonyl (C=O) groups excluding carboxylic acids is 2. The molecule has 9 heteroatoms. The first-order chi connectivity index (χ1) is 16.4. The molecule has 7 nitrogen and oxygen atoms in total. The van der Waals surface area contributed by atoms with Crippen molar-refractivity contribution in [2.24, 2.45) is 0 Å². The summed E-state index contributed by atoms with van der Waals surface area (Å²) in [5.41, 5.74) is 0.402. The van der Waals surface area contributed by atoms with E-state index < -0.39 is 17.5 Å². The van der Waals surface area contributed by atoms with Gasteiger partial charge < -0.3 is 9.80 Å². The number of hydrogen-bond donors (Lipinski definition) is 0. The van der Waals surface area contributed by atoms with Crippen LogP contribution in [0.1, 0.15) is 41.6 Å². The molecular formula is C25H24F2N4O3. The summed E-state index contributed by atoms with van der Waals surface area (Å²) in [6.07, 6.45) is 5.36. The summed E-state index contributed by atoms with van der Waals surface area (Å²) in [6, 6.07) is 8.20. The van der Waals surface area contributed by atoms with Gasteiger partial charge in [0.25, 0.3) is 5.91 Å². The number of aromatic nitrogens is 2. The van der Waals surface area contributed by atoms with Gasteiger partial charge in [-0.1, -0.05) is 18.9 Å². The molecule has 1 aromatic heterocycles. The molecule has 2 fully saturated rings. The Morgan fingerprint density at radius 3 is 2.59 bits per heavy atom. The topological polar surface area (TPSA) is 75.5 Å². The molecule has 0 atom stereocenters. The average molecular weight is 466 g/mol. The van der Waals surface area contributed by atoms with Gasteiger partial charge in [0, 0.05) is 24.5 Å². The lowest BCUT2D eigenvalue weighted by Crippen LogP contribution is -2.55. The zero-order valence-electron chi connectivity index (χ0n) is 18.5. The molecule has 5 rings (SSSR count). The van der Waals surface area contributed by atoms with Gasteiger partial charge in [0.2, 0.25) is 11.3 Å². The van der Waals surface area contributed by atoms with Crippen LogP contribution >= 0.6 is 0 Å². The third-order valence-electron chi connectivity index (χ3n) is 6.72. The zero-order chi connectivity index (χ0) is 23.8. The maximum atomic E-state index is 14.6. The summed E-state index contributed by atoms with van der Waals surface area (Å²) in [5, 5.41) is 4.40. The Bertz CT molecular complexity index is 1330. The highest BCUT2D eigenvalue weighted by Gasteiger charge is 2.33. The first-order valence-corrected chi connectivity index (χ1v) is 11.4. The Morgan fingerprint density at radius 2 is 1.82 bits per heavy atom. The van der Waals surface area contributed by atoms with Gasteiger partial charge in [-0.25, -0.2) is 8.78 Å². The molecule has 0 N–H and O–H groups in total. The predicted molar refractivity (Wildman–Crippen MR) is 121 cm³/mol. The molecule has 1 saturated heterocycles. The van der Waals surface area contributed by atoms with Crippen molar-refractivity contribution in [2.45, 2.75) is 38.3 Å². The van der Waals surface area contributed by atoms with E-state index in [0.29, 0.717) is 29.6 Å². The highest BCUT2D eigenvalue weighted by molar-refractivity contribution is 5.97. The van der Waals surface area contributed by atoms with E-state index in [1.54, 1.807) is 0 Å². The largest absolute Gasteiger partial charge is 0.336 e. The van der Waals surface area contributed by atoms with Crippen LogP contribution < -0.4 is 5.43 Å². The van der Waals surface area contributed by atoms with E-state index in [1.165, 1.54) is 46.0 Å². The van der Waals surface area contributed by atoms with Crippen molar-refractivity contribution in [1.82, 2.24) is 19.6 Å². The molecule has 2 amide bonds. The van der Waals surface area contributed by atoms with Crippen molar-refractivity contribution in [3.63, 3.8) is 0 Å². The quantitative estimate of drug-likeness (QED) is 0.593. The van der Waals surface area contributed by atoms with E-state index in [1.807, 2.05) is 4.90 Å². The van der Waals surface area contributed by atoms with Crippen LogP contribution in [0.4, 0.5) is 8.78 Å². The van der Waals surface area contributed by atoms with Crippen LogP contribution in [0.5, 0.6) is 0 Å². The Morgan fingerprint density at radius 1 is 1.03 bits per heavy atom. The van der Waals surface area contributed by atoms with Crippen LogP contribution in [-0.4, -0.2) is 57.1 Å². The summed E-state index contributed by atoms with van der Waals surface area (Å²) in [6.45, 7) is 0.852. The van der Waals surface area contributed by atoms with Crippen LogP contribution in [0, 0.1) is 11.6 Å². The molecule has 1 saturated carbocycles. The Hall–Kier alpha value is -3.62. The molecule has 2 aromatic carbocycles. The maximum absolute atomic E-state index is 14.6. The second-order valence-corrected chi connectivity index (χ2v) is 8.89. The van der Waals surface area contributed by atoms with E-state index >= 15 is 0 Å². The second-order valence-electron chi connectivity index (χ2n) is 8.89.